The van der Waals surface area contributed by atoms with Crippen LogP contribution in [0.1, 0.15) is 36.8 Å². The molecule has 1 amide bonds. The van der Waals surface area contributed by atoms with Crippen molar-refractivity contribution < 1.29 is 14.4 Å². The number of imidazole rings is 1. The Balaban J connectivity index is 1.85. The molecule has 0 N–H and O–H groups in total. The Kier molecular flexibility index (Phi) is 5.70. The van der Waals surface area contributed by atoms with Crippen LogP contribution in [0.3, 0.4) is 0 Å². The quantitative estimate of drug-likeness (QED) is 0.480. The Hall–Kier alpha value is -4.04. The van der Waals surface area contributed by atoms with Crippen molar-refractivity contribution >= 4 is 34.1 Å². The molecule has 0 aliphatic carbocycles. The lowest BCUT2D eigenvalue weighted by Crippen LogP contribution is -2.36. The minimum Gasteiger partial charge on any atom is -0.301 e. The van der Waals surface area contributed by atoms with Crippen LogP contribution in [0.5, 0.6) is 0 Å². The first-order valence-electron chi connectivity index (χ1n) is 9.75. The molecule has 32 heavy (non-hydrogen) atoms. The molecular formula is C24H19N3O4S. The molecule has 0 saturated heterocycles. The van der Waals surface area contributed by atoms with Crippen LogP contribution in [0.25, 0.3) is 0 Å². The molecule has 0 spiro atoms. The number of anilines is 1. The monoisotopic (exact) mass is 445 g/mol. The minimum atomic E-state index is -0.896. The molecule has 0 saturated carbocycles. The van der Waals surface area contributed by atoms with Crippen LogP contribution < -0.4 is 10.6 Å². The van der Waals surface area contributed by atoms with Gasteiger partial charge in [0.15, 0.2) is 0 Å². The summed E-state index contributed by atoms with van der Waals surface area (Å²) < 4.78 is 1.56. The number of carbonyl (C=O) groups excluding carboxylic acids is 3. The SMILES string of the molecule is Cc1csc(N(C)C(=O)c2cn(C(=O)c3ccccc3)c(=O)n2C(=O)c2ccccc2)c1. The van der Waals surface area contributed by atoms with Crippen molar-refractivity contribution in [2.45, 2.75) is 6.92 Å². The molecule has 160 valence electrons. The molecule has 2 heterocycles. The summed E-state index contributed by atoms with van der Waals surface area (Å²) in [6.07, 6.45) is 1.14. The molecule has 0 unspecified atom stereocenters. The topological polar surface area (TPSA) is 81.4 Å². The van der Waals surface area contributed by atoms with E-state index >= 15 is 0 Å². The Labute approximate surface area is 187 Å². The van der Waals surface area contributed by atoms with Crippen molar-refractivity contribution in [3.8, 4) is 0 Å². The van der Waals surface area contributed by atoms with E-state index < -0.39 is 23.4 Å². The molecule has 0 aliphatic heterocycles. The number of benzene rings is 2. The highest BCUT2D eigenvalue weighted by Crippen LogP contribution is 2.24. The fraction of sp³-hybridized carbons (Fsp3) is 0.0833. The summed E-state index contributed by atoms with van der Waals surface area (Å²) in [5, 5.41) is 2.55. The van der Waals surface area contributed by atoms with E-state index in [0.29, 0.717) is 5.00 Å². The average molecular weight is 446 g/mol. The van der Waals surface area contributed by atoms with Crippen LogP contribution in [-0.2, 0) is 0 Å². The lowest BCUT2D eigenvalue weighted by Gasteiger charge is -2.15. The summed E-state index contributed by atoms with van der Waals surface area (Å²) in [6, 6.07) is 18.2. The van der Waals surface area contributed by atoms with Gasteiger partial charge in [0, 0.05) is 24.4 Å². The van der Waals surface area contributed by atoms with Crippen molar-refractivity contribution in [1.29, 1.82) is 0 Å². The van der Waals surface area contributed by atoms with Crippen LogP contribution in [-0.4, -0.2) is 33.9 Å². The molecule has 0 radical (unpaired) electrons. The van der Waals surface area contributed by atoms with E-state index in [2.05, 4.69) is 0 Å². The van der Waals surface area contributed by atoms with Gasteiger partial charge < -0.3 is 4.90 Å². The third-order valence-corrected chi connectivity index (χ3v) is 6.05. The maximum absolute atomic E-state index is 13.3. The standard InChI is InChI=1S/C24H19N3O4S/c1-16-13-20(32-15-16)25(2)23(30)19-14-26(21(28)17-9-5-3-6-10-17)24(31)27(19)22(29)18-11-7-4-8-12-18/h3-15H,1-2H3. The van der Waals surface area contributed by atoms with Crippen molar-refractivity contribution in [2.75, 3.05) is 11.9 Å². The number of nitrogens with zero attached hydrogens (tertiary/aromatic N) is 3. The minimum absolute atomic E-state index is 0.193. The van der Waals surface area contributed by atoms with Gasteiger partial charge in [0.2, 0.25) is 0 Å². The summed E-state index contributed by atoms with van der Waals surface area (Å²) >= 11 is 1.36. The predicted octanol–water partition coefficient (Wildman–Crippen LogP) is 3.67. The van der Waals surface area contributed by atoms with Crippen LogP contribution in [0.15, 0.2) is 83.1 Å². The van der Waals surface area contributed by atoms with E-state index in [4.69, 9.17) is 0 Å². The third-order valence-electron chi connectivity index (χ3n) is 4.92. The summed E-state index contributed by atoms with van der Waals surface area (Å²) in [5.41, 5.74) is 0.385. The highest BCUT2D eigenvalue weighted by atomic mass is 32.1. The summed E-state index contributed by atoms with van der Waals surface area (Å²) in [6.45, 7) is 1.90. The molecule has 7 nitrogen and oxygen atoms in total. The maximum atomic E-state index is 13.3. The number of hydrogen-bond donors (Lipinski definition) is 0. The first kappa shape index (κ1) is 21.2. The summed E-state index contributed by atoms with van der Waals surface area (Å²) in [4.78, 5) is 54.1. The van der Waals surface area contributed by atoms with Gasteiger partial charge in [0.25, 0.3) is 17.7 Å². The Morgan fingerprint density at radius 2 is 1.44 bits per heavy atom. The normalized spacial score (nSPS) is 10.7. The number of amides is 1. The number of aromatic nitrogens is 2. The largest absolute Gasteiger partial charge is 0.343 e. The number of hydrogen-bond acceptors (Lipinski definition) is 5. The molecule has 4 rings (SSSR count). The smallest absolute Gasteiger partial charge is 0.301 e. The van der Waals surface area contributed by atoms with Crippen molar-refractivity contribution in [1.82, 2.24) is 9.13 Å². The highest BCUT2D eigenvalue weighted by Gasteiger charge is 2.28. The summed E-state index contributed by atoms with van der Waals surface area (Å²) in [5.74, 6) is -1.89. The van der Waals surface area contributed by atoms with E-state index in [9.17, 15) is 19.2 Å². The van der Waals surface area contributed by atoms with Crippen LogP contribution in [0.2, 0.25) is 0 Å². The molecule has 0 fully saturated rings. The van der Waals surface area contributed by atoms with Gasteiger partial charge in [0.05, 0.1) is 5.00 Å². The lowest BCUT2D eigenvalue weighted by atomic mass is 10.2. The van der Waals surface area contributed by atoms with Crippen LogP contribution in [0, 0.1) is 6.92 Å². The Bertz CT molecular complexity index is 1370. The number of carbonyl (C=O) groups is 3. The van der Waals surface area contributed by atoms with Gasteiger partial charge in [-0.05, 0) is 48.2 Å². The maximum Gasteiger partial charge on any atom is 0.343 e. The van der Waals surface area contributed by atoms with Crippen LogP contribution >= 0.6 is 11.3 Å². The van der Waals surface area contributed by atoms with Gasteiger partial charge in [-0.2, -0.15) is 0 Å². The van der Waals surface area contributed by atoms with E-state index in [0.717, 1.165) is 20.9 Å². The van der Waals surface area contributed by atoms with Crippen molar-refractivity contribution in [3.05, 3.63) is 111 Å². The van der Waals surface area contributed by atoms with Gasteiger partial charge in [-0.1, -0.05) is 36.4 Å². The van der Waals surface area contributed by atoms with E-state index in [1.54, 1.807) is 67.7 Å². The molecule has 8 heteroatoms. The Morgan fingerprint density at radius 1 is 0.875 bits per heavy atom. The average Bonchev–Trinajstić information content (AvgIpc) is 3.41. The van der Waals surface area contributed by atoms with E-state index in [-0.39, 0.29) is 16.8 Å². The molecule has 0 aliphatic rings. The van der Waals surface area contributed by atoms with Gasteiger partial charge in [-0.3, -0.25) is 14.4 Å². The zero-order valence-electron chi connectivity index (χ0n) is 17.4. The fourth-order valence-electron chi connectivity index (χ4n) is 3.23. The zero-order valence-corrected chi connectivity index (χ0v) is 18.2. The lowest BCUT2D eigenvalue weighted by molar-refractivity contribution is 0.0915. The second kappa shape index (κ2) is 8.60. The Morgan fingerprint density at radius 3 is 1.97 bits per heavy atom. The van der Waals surface area contributed by atoms with Gasteiger partial charge >= 0.3 is 5.69 Å². The number of thiophene rings is 1. The second-order valence-electron chi connectivity index (χ2n) is 7.17. The molecule has 2 aromatic heterocycles. The third kappa shape index (κ3) is 3.83. The molecule has 0 atom stereocenters. The molecular weight excluding hydrogens is 426 g/mol. The van der Waals surface area contributed by atoms with E-state index in [1.165, 1.54) is 16.2 Å². The molecule has 0 bridgehead atoms. The van der Waals surface area contributed by atoms with Crippen LogP contribution in [0.4, 0.5) is 5.00 Å². The first-order valence-corrected chi connectivity index (χ1v) is 10.6. The van der Waals surface area contributed by atoms with E-state index in [1.807, 2.05) is 18.4 Å². The fourth-order valence-corrected chi connectivity index (χ4v) is 4.10. The highest BCUT2D eigenvalue weighted by molar-refractivity contribution is 7.14. The summed E-state index contributed by atoms with van der Waals surface area (Å²) in [7, 11) is 1.56. The van der Waals surface area contributed by atoms with Gasteiger partial charge in [-0.15, -0.1) is 11.3 Å². The predicted molar refractivity (Wildman–Crippen MR) is 123 cm³/mol. The zero-order chi connectivity index (χ0) is 22.8. The van der Waals surface area contributed by atoms with Gasteiger partial charge in [-0.25, -0.2) is 13.9 Å². The van der Waals surface area contributed by atoms with Crippen molar-refractivity contribution in [2.24, 2.45) is 0 Å². The number of aryl methyl sites for hydroxylation is 1. The first-order chi connectivity index (χ1) is 15.4. The van der Waals surface area contributed by atoms with Crippen molar-refractivity contribution in [3.63, 3.8) is 0 Å². The van der Waals surface area contributed by atoms with Gasteiger partial charge in [0.1, 0.15) is 5.69 Å². The molecule has 4 aromatic rings. The number of rotatable bonds is 4. The second-order valence-corrected chi connectivity index (χ2v) is 8.06. The molecule has 2 aromatic carbocycles.